The number of amides is 2. The third-order valence-corrected chi connectivity index (χ3v) is 2.97. The number of ether oxygens (including phenoxy) is 2. The summed E-state index contributed by atoms with van der Waals surface area (Å²) < 4.78 is 15.6. The Labute approximate surface area is 123 Å². The first-order valence-electron chi connectivity index (χ1n) is 6.40. The molecule has 0 aliphatic rings. The van der Waals surface area contributed by atoms with E-state index in [-0.39, 0.29) is 6.03 Å². The minimum Gasteiger partial charge on any atom is -0.497 e. The van der Waals surface area contributed by atoms with E-state index in [1.165, 1.54) is 4.90 Å². The molecule has 2 rings (SSSR count). The van der Waals surface area contributed by atoms with Crippen LogP contribution in [-0.4, -0.2) is 32.2 Å². The largest absolute Gasteiger partial charge is 0.497 e. The first-order valence-corrected chi connectivity index (χ1v) is 6.40. The second kappa shape index (κ2) is 6.69. The van der Waals surface area contributed by atoms with Gasteiger partial charge >= 0.3 is 6.03 Å². The highest BCUT2D eigenvalue weighted by molar-refractivity contribution is 5.91. The van der Waals surface area contributed by atoms with Crippen LogP contribution in [0, 0.1) is 0 Å². The summed E-state index contributed by atoms with van der Waals surface area (Å²) in [6.45, 7) is 0.380. The molecule has 0 spiro atoms. The third kappa shape index (κ3) is 3.68. The number of furan rings is 1. The van der Waals surface area contributed by atoms with Gasteiger partial charge in [-0.2, -0.15) is 0 Å². The van der Waals surface area contributed by atoms with E-state index in [0.29, 0.717) is 29.5 Å². The van der Waals surface area contributed by atoms with Crippen LogP contribution in [0.5, 0.6) is 11.5 Å². The molecule has 112 valence electrons. The Morgan fingerprint density at radius 2 is 2.10 bits per heavy atom. The van der Waals surface area contributed by atoms with E-state index in [0.717, 1.165) is 0 Å². The highest BCUT2D eigenvalue weighted by Crippen LogP contribution is 2.29. The molecule has 0 fully saturated rings. The van der Waals surface area contributed by atoms with Crippen LogP contribution in [0.3, 0.4) is 0 Å². The molecule has 0 aliphatic heterocycles. The summed E-state index contributed by atoms with van der Waals surface area (Å²) in [6.07, 6.45) is 1.58. The Kier molecular flexibility index (Phi) is 4.71. The zero-order valence-corrected chi connectivity index (χ0v) is 12.3. The van der Waals surface area contributed by atoms with Gasteiger partial charge in [0.15, 0.2) is 0 Å². The van der Waals surface area contributed by atoms with E-state index < -0.39 is 0 Å². The number of hydrogen-bond acceptors (Lipinski definition) is 4. The summed E-state index contributed by atoms with van der Waals surface area (Å²) in [5.41, 5.74) is 0.549. The molecule has 0 aliphatic carbocycles. The molecule has 2 amide bonds. The van der Waals surface area contributed by atoms with Crippen LogP contribution in [-0.2, 0) is 6.54 Å². The van der Waals surface area contributed by atoms with Gasteiger partial charge in [-0.15, -0.1) is 0 Å². The average molecular weight is 290 g/mol. The lowest BCUT2D eigenvalue weighted by Gasteiger charge is -2.18. The zero-order chi connectivity index (χ0) is 15.2. The minimum absolute atomic E-state index is 0.266. The van der Waals surface area contributed by atoms with Crippen molar-refractivity contribution in [2.75, 3.05) is 26.6 Å². The fourth-order valence-electron chi connectivity index (χ4n) is 1.83. The van der Waals surface area contributed by atoms with Gasteiger partial charge in [-0.3, -0.25) is 0 Å². The molecule has 6 heteroatoms. The number of methoxy groups -OCH3 is 2. The molecular weight excluding hydrogens is 272 g/mol. The Morgan fingerprint density at radius 3 is 2.71 bits per heavy atom. The molecule has 0 unspecified atom stereocenters. The summed E-state index contributed by atoms with van der Waals surface area (Å²) in [5, 5.41) is 2.79. The molecule has 6 nitrogen and oxygen atoms in total. The van der Waals surface area contributed by atoms with Crippen LogP contribution < -0.4 is 14.8 Å². The van der Waals surface area contributed by atoms with Crippen molar-refractivity contribution in [1.29, 1.82) is 0 Å². The fourth-order valence-corrected chi connectivity index (χ4v) is 1.83. The van der Waals surface area contributed by atoms with Crippen LogP contribution in [0.1, 0.15) is 5.76 Å². The molecule has 1 aromatic carbocycles. The summed E-state index contributed by atoms with van der Waals surface area (Å²) in [6, 6.07) is 8.54. The number of hydrogen-bond donors (Lipinski definition) is 1. The number of rotatable bonds is 5. The van der Waals surface area contributed by atoms with Crippen molar-refractivity contribution in [2.45, 2.75) is 6.54 Å². The van der Waals surface area contributed by atoms with Crippen LogP contribution in [0.25, 0.3) is 0 Å². The second-order valence-electron chi connectivity index (χ2n) is 4.43. The molecular formula is C15H18N2O4. The van der Waals surface area contributed by atoms with Crippen molar-refractivity contribution in [2.24, 2.45) is 0 Å². The monoisotopic (exact) mass is 290 g/mol. The van der Waals surface area contributed by atoms with E-state index in [2.05, 4.69) is 5.32 Å². The van der Waals surface area contributed by atoms with Gasteiger partial charge in [0.05, 0.1) is 32.7 Å². The Balaban J connectivity index is 2.07. The lowest BCUT2D eigenvalue weighted by Crippen LogP contribution is -2.30. The molecule has 0 saturated heterocycles. The lowest BCUT2D eigenvalue weighted by molar-refractivity contribution is 0.216. The van der Waals surface area contributed by atoms with Gasteiger partial charge in [0.1, 0.15) is 17.3 Å². The minimum atomic E-state index is -0.266. The maximum Gasteiger partial charge on any atom is 0.322 e. The first-order chi connectivity index (χ1) is 10.1. The topological polar surface area (TPSA) is 63.9 Å². The highest BCUT2D eigenvalue weighted by Gasteiger charge is 2.14. The van der Waals surface area contributed by atoms with E-state index in [1.54, 1.807) is 51.8 Å². The average Bonchev–Trinajstić information content (AvgIpc) is 2.99. The van der Waals surface area contributed by atoms with Crippen LogP contribution in [0.4, 0.5) is 10.5 Å². The molecule has 1 N–H and O–H groups in total. The maximum absolute atomic E-state index is 12.2. The number of urea groups is 1. The number of benzene rings is 1. The van der Waals surface area contributed by atoms with E-state index >= 15 is 0 Å². The Morgan fingerprint density at radius 1 is 1.29 bits per heavy atom. The molecule has 1 aromatic heterocycles. The van der Waals surface area contributed by atoms with Crippen LogP contribution in [0.15, 0.2) is 41.0 Å². The van der Waals surface area contributed by atoms with Gasteiger partial charge in [-0.05, 0) is 24.3 Å². The third-order valence-electron chi connectivity index (χ3n) is 2.97. The Hall–Kier alpha value is -2.63. The number of carbonyl (C=O) groups excluding carboxylic acids is 1. The lowest BCUT2D eigenvalue weighted by atomic mass is 10.2. The summed E-state index contributed by atoms with van der Waals surface area (Å²) >= 11 is 0. The predicted molar refractivity (Wildman–Crippen MR) is 78.7 cm³/mol. The molecule has 0 radical (unpaired) electrons. The standard InChI is InChI=1S/C15H18N2O4/c1-17(10-12-5-4-8-21-12)15(18)16-13-9-11(19-2)6-7-14(13)20-3/h4-9H,10H2,1-3H3,(H,16,18). The molecule has 0 bridgehead atoms. The molecule has 1 heterocycles. The zero-order valence-electron chi connectivity index (χ0n) is 12.3. The van der Waals surface area contributed by atoms with Crippen molar-refractivity contribution in [3.8, 4) is 11.5 Å². The highest BCUT2D eigenvalue weighted by atomic mass is 16.5. The van der Waals surface area contributed by atoms with Gasteiger partial charge in [0, 0.05) is 13.1 Å². The number of anilines is 1. The summed E-state index contributed by atoms with van der Waals surface area (Å²) in [5.74, 6) is 1.92. The molecule has 0 saturated carbocycles. The molecule has 21 heavy (non-hydrogen) atoms. The fraction of sp³-hybridized carbons (Fsp3) is 0.267. The molecule has 2 aromatic rings. The van der Waals surface area contributed by atoms with Crippen molar-refractivity contribution in [3.63, 3.8) is 0 Å². The SMILES string of the molecule is COc1ccc(OC)c(NC(=O)N(C)Cc2ccco2)c1. The molecule has 0 atom stereocenters. The summed E-state index contributed by atoms with van der Waals surface area (Å²) in [4.78, 5) is 13.7. The number of nitrogens with zero attached hydrogens (tertiary/aromatic N) is 1. The van der Waals surface area contributed by atoms with E-state index in [1.807, 2.05) is 6.07 Å². The van der Waals surface area contributed by atoms with Crippen molar-refractivity contribution in [1.82, 2.24) is 4.90 Å². The van der Waals surface area contributed by atoms with Gasteiger partial charge in [0.25, 0.3) is 0 Å². The van der Waals surface area contributed by atoms with Crippen LogP contribution >= 0.6 is 0 Å². The Bertz CT molecular complexity index is 596. The van der Waals surface area contributed by atoms with Crippen LogP contribution in [0.2, 0.25) is 0 Å². The van der Waals surface area contributed by atoms with Crippen molar-refractivity contribution in [3.05, 3.63) is 42.4 Å². The smallest absolute Gasteiger partial charge is 0.322 e. The van der Waals surface area contributed by atoms with E-state index in [4.69, 9.17) is 13.9 Å². The number of carbonyl (C=O) groups is 1. The van der Waals surface area contributed by atoms with Gasteiger partial charge < -0.3 is 24.1 Å². The first kappa shape index (κ1) is 14.8. The quantitative estimate of drug-likeness (QED) is 0.919. The maximum atomic E-state index is 12.2. The normalized spacial score (nSPS) is 10.0. The van der Waals surface area contributed by atoms with Gasteiger partial charge in [0.2, 0.25) is 0 Å². The second-order valence-corrected chi connectivity index (χ2v) is 4.43. The van der Waals surface area contributed by atoms with E-state index in [9.17, 15) is 4.79 Å². The van der Waals surface area contributed by atoms with Gasteiger partial charge in [-0.1, -0.05) is 0 Å². The van der Waals surface area contributed by atoms with Crippen molar-refractivity contribution < 1.29 is 18.7 Å². The van der Waals surface area contributed by atoms with Gasteiger partial charge in [-0.25, -0.2) is 4.79 Å². The van der Waals surface area contributed by atoms with Crippen molar-refractivity contribution >= 4 is 11.7 Å². The summed E-state index contributed by atoms with van der Waals surface area (Å²) in [7, 11) is 4.80. The predicted octanol–water partition coefficient (Wildman–Crippen LogP) is 2.96. The number of nitrogens with one attached hydrogen (secondary N) is 1.